The van der Waals surface area contributed by atoms with Crippen molar-refractivity contribution >= 4 is 34.6 Å². The summed E-state index contributed by atoms with van der Waals surface area (Å²) >= 11 is 12.5. The fraction of sp³-hybridized carbons (Fsp3) is 0.294. The molecule has 0 unspecified atom stereocenters. The molecular weight excluding hydrogens is 335 g/mol. The molecule has 0 atom stereocenters. The molecule has 0 saturated carbocycles. The van der Waals surface area contributed by atoms with Crippen LogP contribution in [-0.2, 0) is 4.74 Å². The van der Waals surface area contributed by atoms with Crippen molar-refractivity contribution in [2.24, 2.45) is 0 Å². The van der Waals surface area contributed by atoms with Gasteiger partial charge in [-0.05, 0) is 23.8 Å². The summed E-state index contributed by atoms with van der Waals surface area (Å²) in [5, 5.41) is 14.8. The largest absolute Gasteiger partial charge is 0.383 e. The summed E-state index contributed by atoms with van der Waals surface area (Å²) in [5.74, 6) is 0. The first-order chi connectivity index (χ1) is 11.1. The minimum Gasteiger partial charge on any atom is -0.383 e. The van der Waals surface area contributed by atoms with Crippen LogP contribution in [0.25, 0.3) is 11.1 Å². The predicted octanol–water partition coefficient (Wildman–Crippen LogP) is 3.61. The topological polar surface area (TPSA) is 44.7 Å². The van der Waals surface area contributed by atoms with Crippen molar-refractivity contribution in [2.45, 2.75) is 5.60 Å². The van der Waals surface area contributed by atoms with Gasteiger partial charge >= 0.3 is 0 Å². The van der Waals surface area contributed by atoms with Crippen molar-refractivity contribution < 1.29 is 9.84 Å². The fourth-order valence-corrected chi connectivity index (χ4v) is 3.44. The van der Waals surface area contributed by atoms with Crippen molar-refractivity contribution in [1.82, 2.24) is 0 Å². The molecule has 0 bridgehead atoms. The maximum absolute atomic E-state index is 10.3. The number of hydrogen-bond donors (Lipinski definition) is 2. The van der Waals surface area contributed by atoms with E-state index in [4.69, 9.17) is 27.9 Å². The predicted molar refractivity (Wildman–Crippen MR) is 93.5 cm³/mol. The van der Waals surface area contributed by atoms with Gasteiger partial charge in [-0.1, -0.05) is 41.4 Å². The summed E-state index contributed by atoms with van der Waals surface area (Å²) in [6.07, 6.45) is 0. The van der Waals surface area contributed by atoms with Crippen LogP contribution in [0.2, 0.25) is 10.0 Å². The minimum atomic E-state index is -0.757. The molecule has 2 aromatic carbocycles. The Morgan fingerprint density at radius 3 is 2.78 bits per heavy atom. The molecule has 2 aliphatic heterocycles. The lowest BCUT2D eigenvalue weighted by molar-refractivity contribution is -0.171. The third-order valence-electron chi connectivity index (χ3n) is 4.29. The van der Waals surface area contributed by atoms with Gasteiger partial charge in [0.2, 0.25) is 0 Å². The van der Waals surface area contributed by atoms with Gasteiger partial charge in [0.15, 0.2) is 0 Å². The SMILES string of the molecule is OC1(CN2CNc3ccc(-c4cccc(Cl)c4Cl)cc32)COC1. The number of halogens is 2. The third-order valence-corrected chi connectivity index (χ3v) is 5.11. The fourth-order valence-electron chi connectivity index (χ4n) is 3.03. The molecule has 2 heterocycles. The number of anilines is 2. The van der Waals surface area contributed by atoms with Crippen LogP contribution in [0.5, 0.6) is 0 Å². The van der Waals surface area contributed by atoms with Gasteiger partial charge in [0.25, 0.3) is 0 Å². The maximum Gasteiger partial charge on any atom is 0.128 e. The van der Waals surface area contributed by atoms with E-state index in [0.29, 0.717) is 36.5 Å². The lowest BCUT2D eigenvalue weighted by atomic mass is 10.0. The van der Waals surface area contributed by atoms with Crippen molar-refractivity contribution in [1.29, 1.82) is 0 Å². The maximum atomic E-state index is 10.3. The van der Waals surface area contributed by atoms with E-state index in [1.165, 1.54) is 0 Å². The summed E-state index contributed by atoms with van der Waals surface area (Å²) < 4.78 is 5.13. The second kappa shape index (κ2) is 5.56. The first-order valence-corrected chi connectivity index (χ1v) is 8.19. The van der Waals surface area contributed by atoms with Crippen LogP contribution >= 0.6 is 23.2 Å². The number of ether oxygens (including phenoxy) is 1. The molecule has 0 radical (unpaired) electrons. The van der Waals surface area contributed by atoms with Crippen LogP contribution < -0.4 is 10.2 Å². The highest BCUT2D eigenvalue weighted by atomic mass is 35.5. The Balaban J connectivity index is 1.68. The zero-order chi connectivity index (χ0) is 16.0. The van der Waals surface area contributed by atoms with Crippen LogP contribution in [0, 0.1) is 0 Å². The van der Waals surface area contributed by atoms with Gasteiger partial charge in [-0.15, -0.1) is 0 Å². The molecule has 1 saturated heterocycles. The Bertz CT molecular complexity index is 762. The first-order valence-electron chi connectivity index (χ1n) is 7.43. The summed E-state index contributed by atoms with van der Waals surface area (Å²) in [4.78, 5) is 2.12. The van der Waals surface area contributed by atoms with Crippen molar-refractivity contribution in [2.75, 3.05) is 36.6 Å². The highest BCUT2D eigenvalue weighted by Gasteiger charge is 2.39. The quantitative estimate of drug-likeness (QED) is 0.887. The number of aliphatic hydroxyl groups is 1. The molecule has 2 aromatic rings. The van der Waals surface area contributed by atoms with Crippen molar-refractivity contribution in [3.05, 3.63) is 46.4 Å². The van der Waals surface area contributed by atoms with Crippen LogP contribution in [-0.4, -0.2) is 37.1 Å². The summed E-state index contributed by atoms with van der Waals surface area (Å²) in [7, 11) is 0. The molecule has 1 fully saturated rings. The van der Waals surface area contributed by atoms with E-state index in [-0.39, 0.29) is 0 Å². The minimum absolute atomic E-state index is 0.388. The molecule has 6 heteroatoms. The molecule has 120 valence electrons. The molecule has 0 aromatic heterocycles. The Kier molecular flexibility index (Phi) is 3.65. The van der Waals surface area contributed by atoms with E-state index < -0.39 is 5.60 Å². The van der Waals surface area contributed by atoms with Gasteiger partial charge < -0.3 is 20.1 Å². The van der Waals surface area contributed by atoms with E-state index in [2.05, 4.69) is 16.3 Å². The number of nitrogens with zero attached hydrogens (tertiary/aromatic N) is 1. The lowest BCUT2D eigenvalue weighted by Crippen LogP contribution is -2.57. The summed E-state index contributed by atoms with van der Waals surface area (Å²) in [5.41, 5.74) is 3.25. The molecule has 0 spiro atoms. The Morgan fingerprint density at radius 1 is 1.22 bits per heavy atom. The summed E-state index contributed by atoms with van der Waals surface area (Å²) in [6, 6.07) is 11.8. The number of rotatable bonds is 3. The molecular formula is C17H16Cl2N2O2. The van der Waals surface area contributed by atoms with E-state index in [1.807, 2.05) is 24.3 Å². The van der Waals surface area contributed by atoms with E-state index in [1.54, 1.807) is 6.07 Å². The van der Waals surface area contributed by atoms with Gasteiger partial charge in [-0.2, -0.15) is 0 Å². The zero-order valence-corrected chi connectivity index (χ0v) is 13.9. The number of benzene rings is 2. The van der Waals surface area contributed by atoms with Crippen LogP contribution in [0.15, 0.2) is 36.4 Å². The highest BCUT2D eigenvalue weighted by molar-refractivity contribution is 6.43. The Hall–Kier alpha value is -1.46. The monoisotopic (exact) mass is 350 g/mol. The number of β-amino-alcohol motifs (C(OH)–C–C–N with tert-alkyl or cyclic N) is 1. The van der Waals surface area contributed by atoms with Gasteiger partial charge in [-0.3, -0.25) is 0 Å². The Morgan fingerprint density at radius 2 is 2.04 bits per heavy atom. The molecule has 2 N–H and O–H groups in total. The van der Waals surface area contributed by atoms with Gasteiger partial charge in [0.1, 0.15) is 5.60 Å². The normalized spacial score (nSPS) is 18.3. The van der Waals surface area contributed by atoms with Crippen LogP contribution in [0.3, 0.4) is 0 Å². The zero-order valence-electron chi connectivity index (χ0n) is 12.4. The van der Waals surface area contributed by atoms with E-state index in [0.717, 1.165) is 22.5 Å². The average Bonchev–Trinajstić information content (AvgIpc) is 2.91. The second-order valence-electron chi connectivity index (χ2n) is 6.08. The number of hydrogen-bond acceptors (Lipinski definition) is 4. The van der Waals surface area contributed by atoms with Crippen LogP contribution in [0.1, 0.15) is 0 Å². The van der Waals surface area contributed by atoms with Gasteiger partial charge in [0.05, 0.1) is 47.8 Å². The van der Waals surface area contributed by atoms with E-state index >= 15 is 0 Å². The smallest absolute Gasteiger partial charge is 0.128 e. The van der Waals surface area contributed by atoms with Gasteiger partial charge in [-0.25, -0.2) is 0 Å². The first kappa shape index (κ1) is 15.1. The molecule has 4 nitrogen and oxygen atoms in total. The molecule has 0 aliphatic carbocycles. The molecule has 4 rings (SSSR count). The molecule has 23 heavy (non-hydrogen) atoms. The van der Waals surface area contributed by atoms with E-state index in [9.17, 15) is 5.11 Å². The van der Waals surface area contributed by atoms with Crippen LogP contribution in [0.4, 0.5) is 11.4 Å². The number of fused-ring (bicyclic) bond motifs is 1. The standard InChI is InChI=1S/C17H16Cl2N2O2/c18-13-3-1-2-12(16(13)19)11-4-5-14-15(6-11)21(10-20-14)7-17(22)8-23-9-17/h1-6,20,22H,7-10H2. The third kappa shape index (κ3) is 2.66. The number of nitrogens with one attached hydrogen (secondary N) is 1. The molecule has 2 aliphatic rings. The van der Waals surface area contributed by atoms with Crippen molar-refractivity contribution in [3.8, 4) is 11.1 Å². The Labute approximate surface area is 144 Å². The molecule has 0 amide bonds. The lowest BCUT2D eigenvalue weighted by Gasteiger charge is -2.39. The van der Waals surface area contributed by atoms with Gasteiger partial charge in [0, 0.05) is 5.56 Å². The van der Waals surface area contributed by atoms with Crippen molar-refractivity contribution in [3.63, 3.8) is 0 Å². The summed E-state index contributed by atoms with van der Waals surface area (Å²) in [6.45, 7) is 1.99. The average molecular weight is 351 g/mol. The highest BCUT2D eigenvalue weighted by Crippen LogP contribution is 2.40. The second-order valence-corrected chi connectivity index (χ2v) is 6.87.